The number of nitrogens with one attached hydrogen (secondary N) is 1. The molecule has 4 rings (SSSR count). The van der Waals surface area contributed by atoms with E-state index in [1.807, 2.05) is 30.6 Å². The molecule has 0 atom stereocenters. The lowest BCUT2D eigenvalue weighted by Crippen LogP contribution is -2.13. The zero-order valence-electron chi connectivity index (χ0n) is 17.8. The second-order valence-electron chi connectivity index (χ2n) is 7.79. The molecule has 0 aliphatic heterocycles. The summed E-state index contributed by atoms with van der Waals surface area (Å²) in [5.41, 5.74) is 4.50. The molecule has 0 spiro atoms. The number of nitriles is 2. The van der Waals surface area contributed by atoms with Crippen LogP contribution < -0.4 is 5.32 Å². The monoisotopic (exact) mass is 444 g/mol. The Kier molecular flexibility index (Phi) is 5.94. The largest absolute Gasteiger partial charge is 0.318 e. The summed E-state index contributed by atoms with van der Waals surface area (Å²) in [6, 6.07) is 12.3. The average molecular weight is 445 g/mol. The van der Waals surface area contributed by atoms with E-state index in [1.54, 1.807) is 12.1 Å². The van der Waals surface area contributed by atoms with Gasteiger partial charge in [0.1, 0.15) is 28.5 Å². The van der Waals surface area contributed by atoms with E-state index in [4.69, 9.17) is 0 Å². The first-order chi connectivity index (χ1) is 15.4. The van der Waals surface area contributed by atoms with Crippen molar-refractivity contribution in [2.45, 2.75) is 39.5 Å². The zero-order valence-corrected chi connectivity index (χ0v) is 18.6. The maximum atomic E-state index is 13.7. The number of anilines is 1. The molecule has 1 aromatic carbocycles. The SMILES string of the molecule is Cc1cc(/C=C(\C#N)C(=O)Nc2sc3c(c2C#N)CCCC3)c(C)n1-c1cccc(F)c1. The molecule has 2 heterocycles. The Morgan fingerprint density at radius 3 is 2.72 bits per heavy atom. The molecule has 32 heavy (non-hydrogen) atoms. The zero-order chi connectivity index (χ0) is 22.8. The van der Waals surface area contributed by atoms with Gasteiger partial charge in [-0.2, -0.15) is 10.5 Å². The Balaban J connectivity index is 1.65. The topological polar surface area (TPSA) is 81.6 Å². The first kappa shape index (κ1) is 21.5. The lowest BCUT2D eigenvalue weighted by Gasteiger charge is -2.09. The van der Waals surface area contributed by atoms with E-state index in [0.29, 0.717) is 21.8 Å². The van der Waals surface area contributed by atoms with Crippen LogP contribution in [0.15, 0.2) is 35.9 Å². The highest BCUT2D eigenvalue weighted by Gasteiger charge is 2.23. The highest BCUT2D eigenvalue weighted by Crippen LogP contribution is 2.37. The molecule has 0 fully saturated rings. The van der Waals surface area contributed by atoms with Crippen molar-refractivity contribution in [2.75, 3.05) is 5.32 Å². The molecular weight excluding hydrogens is 423 g/mol. The number of hydrogen-bond acceptors (Lipinski definition) is 4. The summed E-state index contributed by atoms with van der Waals surface area (Å²) in [6.07, 6.45) is 5.41. The summed E-state index contributed by atoms with van der Waals surface area (Å²) >= 11 is 1.43. The van der Waals surface area contributed by atoms with Crippen molar-refractivity contribution in [3.63, 3.8) is 0 Å². The molecule has 1 amide bonds. The maximum Gasteiger partial charge on any atom is 0.266 e. The van der Waals surface area contributed by atoms with Crippen LogP contribution >= 0.6 is 11.3 Å². The van der Waals surface area contributed by atoms with Crippen molar-refractivity contribution < 1.29 is 9.18 Å². The summed E-state index contributed by atoms with van der Waals surface area (Å²) in [4.78, 5) is 14.0. The van der Waals surface area contributed by atoms with Crippen molar-refractivity contribution in [2.24, 2.45) is 0 Å². The van der Waals surface area contributed by atoms with Gasteiger partial charge in [-0.1, -0.05) is 6.07 Å². The van der Waals surface area contributed by atoms with E-state index < -0.39 is 5.91 Å². The van der Waals surface area contributed by atoms with Crippen LogP contribution in [0.4, 0.5) is 9.39 Å². The normalized spacial score (nSPS) is 13.2. The van der Waals surface area contributed by atoms with Gasteiger partial charge in [0.05, 0.1) is 5.56 Å². The molecule has 0 unspecified atom stereocenters. The predicted molar refractivity (Wildman–Crippen MR) is 123 cm³/mol. The molecule has 7 heteroatoms. The molecular formula is C25H21FN4OS. The number of rotatable bonds is 4. The molecule has 160 valence electrons. The van der Waals surface area contributed by atoms with Gasteiger partial charge in [-0.3, -0.25) is 4.79 Å². The lowest BCUT2D eigenvalue weighted by molar-refractivity contribution is -0.112. The van der Waals surface area contributed by atoms with Crippen molar-refractivity contribution in [3.05, 3.63) is 74.7 Å². The minimum absolute atomic E-state index is 0.0558. The number of aryl methyl sites for hydroxylation is 2. The number of halogens is 1. The molecule has 0 bridgehead atoms. The van der Waals surface area contributed by atoms with Gasteiger partial charge in [0.15, 0.2) is 0 Å². The highest BCUT2D eigenvalue weighted by molar-refractivity contribution is 7.16. The third kappa shape index (κ3) is 3.95. The van der Waals surface area contributed by atoms with E-state index in [2.05, 4.69) is 11.4 Å². The quantitative estimate of drug-likeness (QED) is 0.421. The third-order valence-electron chi connectivity index (χ3n) is 5.71. The number of amides is 1. The summed E-state index contributed by atoms with van der Waals surface area (Å²) in [5, 5.41) is 22.5. The van der Waals surface area contributed by atoms with E-state index in [0.717, 1.165) is 47.5 Å². The van der Waals surface area contributed by atoms with Crippen LogP contribution in [0, 0.1) is 42.3 Å². The summed E-state index contributed by atoms with van der Waals surface area (Å²) in [6.45, 7) is 3.74. The van der Waals surface area contributed by atoms with Gasteiger partial charge in [-0.25, -0.2) is 4.39 Å². The van der Waals surface area contributed by atoms with Gasteiger partial charge in [-0.15, -0.1) is 11.3 Å². The fraction of sp³-hybridized carbons (Fsp3) is 0.240. The fourth-order valence-electron chi connectivity index (χ4n) is 4.19. The Morgan fingerprint density at radius 2 is 2.00 bits per heavy atom. The van der Waals surface area contributed by atoms with Gasteiger partial charge in [0, 0.05) is 22.0 Å². The lowest BCUT2D eigenvalue weighted by atomic mass is 9.96. The fourth-order valence-corrected chi connectivity index (χ4v) is 5.43. The van der Waals surface area contributed by atoms with Gasteiger partial charge in [0.25, 0.3) is 5.91 Å². The minimum atomic E-state index is -0.543. The van der Waals surface area contributed by atoms with Crippen molar-refractivity contribution in [1.82, 2.24) is 4.57 Å². The molecule has 3 aromatic rings. The Bertz CT molecular complexity index is 1330. The summed E-state index contributed by atoms with van der Waals surface area (Å²) in [7, 11) is 0. The van der Waals surface area contributed by atoms with E-state index in [9.17, 15) is 19.7 Å². The second-order valence-corrected chi connectivity index (χ2v) is 8.90. The van der Waals surface area contributed by atoms with Gasteiger partial charge in [0.2, 0.25) is 0 Å². The summed E-state index contributed by atoms with van der Waals surface area (Å²) < 4.78 is 15.6. The van der Waals surface area contributed by atoms with Crippen molar-refractivity contribution in [1.29, 1.82) is 10.5 Å². The van der Waals surface area contributed by atoms with Crippen LogP contribution in [0.2, 0.25) is 0 Å². The smallest absolute Gasteiger partial charge is 0.266 e. The molecule has 0 saturated carbocycles. The molecule has 0 saturated heterocycles. The molecule has 2 aromatic heterocycles. The van der Waals surface area contributed by atoms with Crippen LogP contribution in [-0.4, -0.2) is 10.5 Å². The highest BCUT2D eigenvalue weighted by atomic mass is 32.1. The predicted octanol–water partition coefficient (Wildman–Crippen LogP) is 5.59. The van der Waals surface area contributed by atoms with Crippen LogP contribution in [0.3, 0.4) is 0 Å². The Labute approximate surface area is 190 Å². The number of fused-ring (bicyclic) bond motifs is 1. The number of benzene rings is 1. The molecule has 1 N–H and O–H groups in total. The minimum Gasteiger partial charge on any atom is -0.318 e. The number of hydrogen-bond donors (Lipinski definition) is 1. The van der Waals surface area contributed by atoms with E-state index in [1.165, 1.54) is 29.5 Å². The van der Waals surface area contributed by atoms with E-state index in [-0.39, 0.29) is 11.4 Å². The summed E-state index contributed by atoms with van der Waals surface area (Å²) in [5.74, 6) is -0.880. The first-order valence-electron chi connectivity index (χ1n) is 10.4. The second kappa shape index (κ2) is 8.82. The van der Waals surface area contributed by atoms with Crippen LogP contribution in [0.1, 0.15) is 45.8 Å². The van der Waals surface area contributed by atoms with Crippen molar-refractivity contribution in [3.8, 4) is 17.8 Å². The number of aromatic nitrogens is 1. The van der Waals surface area contributed by atoms with E-state index >= 15 is 0 Å². The van der Waals surface area contributed by atoms with Crippen LogP contribution in [0.5, 0.6) is 0 Å². The first-order valence-corrected chi connectivity index (χ1v) is 11.2. The Morgan fingerprint density at radius 1 is 1.22 bits per heavy atom. The average Bonchev–Trinajstić information content (AvgIpc) is 3.27. The Hall–Kier alpha value is -3.68. The number of carbonyl (C=O) groups is 1. The third-order valence-corrected chi connectivity index (χ3v) is 6.92. The maximum absolute atomic E-state index is 13.7. The standard InChI is InChI=1S/C25H21FN4OS/c1-15-10-17(16(2)30(15)20-7-5-6-19(26)12-20)11-18(13-27)24(31)29-25-22(14-28)21-8-3-4-9-23(21)32-25/h5-7,10-12H,3-4,8-9H2,1-2H3,(H,29,31)/b18-11+. The molecule has 1 aliphatic rings. The van der Waals surface area contributed by atoms with Gasteiger partial charge < -0.3 is 9.88 Å². The van der Waals surface area contributed by atoms with Crippen LogP contribution in [-0.2, 0) is 17.6 Å². The van der Waals surface area contributed by atoms with Crippen molar-refractivity contribution >= 4 is 28.3 Å². The van der Waals surface area contributed by atoms with Gasteiger partial charge >= 0.3 is 0 Å². The van der Waals surface area contributed by atoms with Crippen LogP contribution in [0.25, 0.3) is 11.8 Å². The molecule has 0 radical (unpaired) electrons. The molecule has 5 nitrogen and oxygen atoms in total. The number of nitrogens with zero attached hydrogens (tertiary/aromatic N) is 3. The number of thiophene rings is 1. The van der Waals surface area contributed by atoms with Gasteiger partial charge in [-0.05, 0) is 81.0 Å². The number of carbonyl (C=O) groups excluding carboxylic acids is 1. The molecule has 1 aliphatic carbocycles.